The summed E-state index contributed by atoms with van der Waals surface area (Å²) in [6, 6.07) is 24.6. The van der Waals surface area contributed by atoms with Gasteiger partial charge in [0.2, 0.25) is 5.88 Å². The molecule has 2 heterocycles. The zero-order valence-corrected chi connectivity index (χ0v) is 17.6. The summed E-state index contributed by atoms with van der Waals surface area (Å²) < 4.78 is 12.0. The first-order chi connectivity index (χ1) is 15.8. The zero-order valence-electron chi connectivity index (χ0n) is 17.6. The van der Waals surface area contributed by atoms with Gasteiger partial charge in [0.05, 0.1) is 22.8 Å². The Morgan fingerprint density at radius 3 is 2.34 bits per heavy atom. The molecule has 1 amide bonds. The molecule has 0 saturated carbocycles. The molecule has 4 aromatic rings. The molecule has 5 rings (SSSR count). The van der Waals surface area contributed by atoms with Gasteiger partial charge in [-0.15, -0.1) is 0 Å². The standard InChI is InChI=1S/C26H23N3O3/c30-26(21-10-4-7-13-24(21)31-19-8-2-1-3-9-19)29-16-14-20(15-17-29)32-25-18-27-22-11-5-6-12-23(22)28-25/h1-13,18,20H,14-17H2. The lowest BCUT2D eigenvalue weighted by Gasteiger charge is -2.32. The Balaban J connectivity index is 1.23. The highest BCUT2D eigenvalue weighted by Crippen LogP contribution is 2.27. The summed E-state index contributed by atoms with van der Waals surface area (Å²) in [7, 11) is 0. The number of ether oxygens (including phenoxy) is 2. The Bertz CT molecular complexity index is 1220. The fourth-order valence-corrected chi connectivity index (χ4v) is 3.86. The number of aromatic nitrogens is 2. The minimum Gasteiger partial charge on any atom is -0.473 e. The van der Waals surface area contributed by atoms with E-state index < -0.39 is 0 Å². The van der Waals surface area contributed by atoms with E-state index >= 15 is 0 Å². The van der Waals surface area contributed by atoms with Gasteiger partial charge < -0.3 is 14.4 Å². The smallest absolute Gasteiger partial charge is 0.257 e. The van der Waals surface area contributed by atoms with Crippen LogP contribution in [0.4, 0.5) is 0 Å². The average Bonchev–Trinajstić information content (AvgIpc) is 2.85. The number of hydrogen-bond acceptors (Lipinski definition) is 5. The summed E-state index contributed by atoms with van der Waals surface area (Å²) in [6.07, 6.45) is 3.14. The fraction of sp³-hybridized carbons (Fsp3) is 0.192. The SMILES string of the molecule is O=C(c1ccccc1Oc1ccccc1)N1CCC(Oc2cnc3ccccc3n2)CC1. The van der Waals surface area contributed by atoms with Crippen LogP contribution in [0.1, 0.15) is 23.2 Å². The summed E-state index contributed by atoms with van der Waals surface area (Å²) in [5, 5.41) is 0. The van der Waals surface area contributed by atoms with Crippen molar-refractivity contribution >= 4 is 16.9 Å². The number of amides is 1. The number of hydrogen-bond donors (Lipinski definition) is 0. The molecule has 0 atom stereocenters. The van der Waals surface area contributed by atoms with E-state index in [1.54, 1.807) is 6.20 Å². The third-order valence-electron chi connectivity index (χ3n) is 5.53. The van der Waals surface area contributed by atoms with Crippen molar-refractivity contribution in [2.45, 2.75) is 18.9 Å². The molecule has 32 heavy (non-hydrogen) atoms. The molecule has 0 unspecified atom stereocenters. The molecule has 0 radical (unpaired) electrons. The molecular weight excluding hydrogens is 402 g/mol. The van der Waals surface area contributed by atoms with Gasteiger partial charge in [-0.05, 0) is 36.4 Å². The second-order valence-electron chi connectivity index (χ2n) is 7.72. The van der Waals surface area contributed by atoms with Gasteiger partial charge in [-0.25, -0.2) is 9.97 Å². The van der Waals surface area contributed by atoms with Gasteiger partial charge in [0.25, 0.3) is 5.91 Å². The van der Waals surface area contributed by atoms with Gasteiger partial charge in [-0.2, -0.15) is 0 Å². The van der Waals surface area contributed by atoms with E-state index in [4.69, 9.17) is 9.47 Å². The van der Waals surface area contributed by atoms with Crippen LogP contribution in [0.25, 0.3) is 11.0 Å². The summed E-state index contributed by atoms with van der Waals surface area (Å²) in [6.45, 7) is 1.23. The van der Waals surface area contributed by atoms with E-state index in [0.29, 0.717) is 36.0 Å². The zero-order chi connectivity index (χ0) is 21.8. The highest BCUT2D eigenvalue weighted by atomic mass is 16.5. The first kappa shape index (κ1) is 20.0. The number of likely N-dealkylation sites (tertiary alicyclic amines) is 1. The van der Waals surface area contributed by atoms with E-state index in [0.717, 1.165) is 23.9 Å². The lowest BCUT2D eigenvalue weighted by atomic mass is 10.1. The van der Waals surface area contributed by atoms with Crippen LogP contribution in [-0.2, 0) is 0 Å². The molecule has 160 valence electrons. The molecule has 1 fully saturated rings. The molecular formula is C26H23N3O3. The first-order valence-electron chi connectivity index (χ1n) is 10.8. The van der Waals surface area contributed by atoms with Crippen LogP contribution in [0.5, 0.6) is 17.4 Å². The number of rotatable bonds is 5. The largest absolute Gasteiger partial charge is 0.473 e. The van der Waals surface area contributed by atoms with Crippen LogP contribution in [0.3, 0.4) is 0 Å². The number of fused-ring (bicyclic) bond motifs is 1. The quantitative estimate of drug-likeness (QED) is 0.445. The van der Waals surface area contributed by atoms with Crippen LogP contribution < -0.4 is 9.47 Å². The Hall–Kier alpha value is -3.93. The second-order valence-corrected chi connectivity index (χ2v) is 7.72. The number of piperidine rings is 1. The number of carbonyl (C=O) groups is 1. The van der Waals surface area contributed by atoms with Crippen molar-refractivity contribution in [1.29, 1.82) is 0 Å². The van der Waals surface area contributed by atoms with Gasteiger partial charge in [0.15, 0.2) is 0 Å². The van der Waals surface area contributed by atoms with E-state index in [-0.39, 0.29) is 12.0 Å². The maximum absolute atomic E-state index is 13.2. The molecule has 1 aliphatic heterocycles. The highest BCUT2D eigenvalue weighted by molar-refractivity contribution is 5.97. The monoisotopic (exact) mass is 425 g/mol. The minimum absolute atomic E-state index is 0.00493. The topological polar surface area (TPSA) is 64.5 Å². The summed E-state index contributed by atoms with van der Waals surface area (Å²) in [5.74, 6) is 1.76. The van der Waals surface area contributed by atoms with Crippen LogP contribution in [0.15, 0.2) is 85.1 Å². The van der Waals surface area contributed by atoms with Gasteiger partial charge in [-0.3, -0.25) is 4.79 Å². The molecule has 0 spiro atoms. The van der Waals surface area contributed by atoms with E-state index in [1.807, 2.05) is 83.8 Å². The summed E-state index contributed by atoms with van der Waals surface area (Å²) in [5.41, 5.74) is 2.22. The fourth-order valence-electron chi connectivity index (χ4n) is 3.86. The molecule has 6 heteroatoms. The lowest BCUT2D eigenvalue weighted by molar-refractivity contribution is 0.0585. The van der Waals surface area contributed by atoms with E-state index in [1.165, 1.54) is 0 Å². The number of carbonyl (C=O) groups excluding carboxylic acids is 1. The van der Waals surface area contributed by atoms with Crippen molar-refractivity contribution in [3.63, 3.8) is 0 Å². The highest BCUT2D eigenvalue weighted by Gasteiger charge is 2.26. The first-order valence-corrected chi connectivity index (χ1v) is 10.8. The van der Waals surface area contributed by atoms with Crippen LogP contribution >= 0.6 is 0 Å². The molecule has 3 aromatic carbocycles. The van der Waals surface area contributed by atoms with Gasteiger partial charge >= 0.3 is 0 Å². The predicted octanol–water partition coefficient (Wildman–Crippen LogP) is 5.11. The lowest BCUT2D eigenvalue weighted by Crippen LogP contribution is -2.42. The second kappa shape index (κ2) is 9.06. The summed E-state index contributed by atoms with van der Waals surface area (Å²) in [4.78, 5) is 24.0. The Kier molecular flexibility index (Phi) is 5.66. The van der Waals surface area contributed by atoms with Crippen LogP contribution in [-0.4, -0.2) is 40.0 Å². The molecule has 0 aliphatic carbocycles. The van der Waals surface area contributed by atoms with Gasteiger partial charge in [-0.1, -0.05) is 42.5 Å². The molecule has 1 saturated heterocycles. The number of benzene rings is 3. The molecule has 0 N–H and O–H groups in total. The molecule has 0 bridgehead atoms. The average molecular weight is 425 g/mol. The van der Waals surface area contributed by atoms with Crippen LogP contribution in [0.2, 0.25) is 0 Å². The number of nitrogens with zero attached hydrogens (tertiary/aromatic N) is 3. The van der Waals surface area contributed by atoms with Crippen molar-refractivity contribution < 1.29 is 14.3 Å². The maximum atomic E-state index is 13.2. The third-order valence-corrected chi connectivity index (χ3v) is 5.53. The van der Waals surface area contributed by atoms with Crippen molar-refractivity contribution in [1.82, 2.24) is 14.9 Å². The van der Waals surface area contributed by atoms with Crippen molar-refractivity contribution in [3.8, 4) is 17.4 Å². The Labute approximate surface area is 186 Å². The Morgan fingerprint density at radius 1 is 0.844 bits per heavy atom. The van der Waals surface area contributed by atoms with Crippen molar-refractivity contribution in [2.75, 3.05) is 13.1 Å². The van der Waals surface area contributed by atoms with Gasteiger partial charge in [0.1, 0.15) is 17.6 Å². The molecule has 6 nitrogen and oxygen atoms in total. The maximum Gasteiger partial charge on any atom is 0.257 e. The molecule has 1 aromatic heterocycles. The summed E-state index contributed by atoms with van der Waals surface area (Å²) >= 11 is 0. The van der Waals surface area contributed by atoms with Crippen molar-refractivity contribution in [2.24, 2.45) is 0 Å². The third kappa shape index (κ3) is 4.39. The predicted molar refractivity (Wildman–Crippen MR) is 122 cm³/mol. The van der Waals surface area contributed by atoms with Gasteiger partial charge in [0, 0.05) is 25.9 Å². The number of para-hydroxylation sites is 4. The molecule has 1 aliphatic rings. The Morgan fingerprint density at radius 2 is 1.53 bits per heavy atom. The van der Waals surface area contributed by atoms with E-state index in [2.05, 4.69) is 9.97 Å². The normalized spacial score (nSPS) is 14.3. The van der Waals surface area contributed by atoms with Crippen LogP contribution in [0, 0.1) is 0 Å². The minimum atomic E-state index is -0.0273. The van der Waals surface area contributed by atoms with Crippen molar-refractivity contribution in [3.05, 3.63) is 90.6 Å². The van der Waals surface area contributed by atoms with E-state index in [9.17, 15) is 4.79 Å².